The number of hydrogen-bond donors (Lipinski definition) is 1. The van der Waals surface area contributed by atoms with E-state index < -0.39 is 0 Å². The highest BCUT2D eigenvalue weighted by atomic mass is 16.5. The van der Waals surface area contributed by atoms with Gasteiger partial charge >= 0.3 is 0 Å². The van der Waals surface area contributed by atoms with Crippen molar-refractivity contribution >= 4 is 11.9 Å². The molecule has 0 radical (unpaired) electrons. The van der Waals surface area contributed by atoms with E-state index in [9.17, 15) is 0 Å². The summed E-state index contributed by atoms with van der Waals surface area (Å²) in [5, 5.41) is 2.98. The largest absolute Gasteiger partial charge is 0.377 e. The standard InChI is InChI=1S/C13H19N7O/c1-13(2)8-21-7-6-20(13)12-17-10(14-3)16-11(18-12)19-5-4-15-9-19/h4-5,9H,6-8H2,1-3H3,(H,14,16,17,18). The third kappa shape index (κ3) is 2.66. The molecule has 0 unspecified atom stereocenters. The molecule has 1 aliphatic rings. The monoisotopic (exact) mass is 289 g/mol. The Hall–Kier alpha value is -2.22. The van der Waals surface area contributed by atoms with Crippen LogP contribution in [0.15, 0.2) is 18.7 Å². The smallest absolute Gasteiger partial charge is 0.241 e. The highest BCUT2D eigenvalue weighted by Crippen LogP contribution is 2.25. The molecule has 112 valence electrons. The molecule has 0 aromatic carbocycles. The van der Waals surface area contributed by atoms with Gasteiger partial charge in [-0.1, -0.05) is 0 Å². The number of imidazole rings is 1. The van der Waals surface area contributed by atoms with Crippen LogP contribution in [-0.4, -0.2) is 56.8 Å². The van der Waals surface area contributed by atoms with Gasteiger partial charge in [0.25, 0.3) is 0 Å². The number of rotatable bonds is 3. The average Bonchev–Trinajstić information content (AvgIpc) is 3.00. The zero-order chi connectivity index (χ0) is 14.9. The van der Waals surface area contributed by atoms with Gasteiger partial charge in [-0.05, 0) is 13.8 Å². The summed E-state index contributed by atoms with van der Waals surface area (Å²) in [7, 11) is 1.79. The Labute approximate surface area is 123 Å². The SMILES string of the molecule is CNc1nc(N2CCOCC2(C)C)nc(-n2ccnc2)n1. The number of aromatic nitrogens is 5. The van der Waals surface area contributed by atoms with Gasteiger partial charge in [0, 0.05) is 26.0 Å². The van der Waals surface area contributed by atoms with Crippen molar-refractivity contribution in [1.82, 2.24) is 24.5 Å². The van der Waals surface area contributed by atoms with Crippen LogP contribution < -0.4 is 10.2 Å². The second kappa shape index (κ2) is 5.28. The summed E-state index contributed by atoms with van der Waals surface area (Å²) in [5.41, 5.74) is -0.156. The van der Waals surface area contributed by atoms with Gasteiger partial charge in [0.15, 0.2) is 0 Å². The normalized spacial score (nSPS) is 17.8. The molecule has 3 heterocycles. The summed E-state index contributed by atoms with van der Waals surface area (Å²) in [5.74, 6) is 1.72. The van der Waals surface area contributed by atoms with Gasteiger partial charge in [0.05, 0.1) is 18.8 Å². The summed E-state index contributed by atoms with van der Waals surface area (Å²) < 4.78 is 7.32. The molecule has 0 aliphatic carbocycles. The quantitative estimate of drug-likeness (QED) is 0.891. The first-order valence-electron chi connectivity index (χ1n) is 6.88. The minimum Gasteiger partial charge on any atom is -0.377 e. The molecular weight excluding hydrogens is 270 g/mol. The topological polar surface area (TPSA) is 81.0 Å². The summed E-state index contributed by atoms with van der Waals surface area (Å²) >= 11 is 0. The Morgan fingerprint density at radius 1 is 1.24 bits per heavy atom. The van der Waals surface area contributed by atoms with Crippen LogP contribution in [0.25, 0.3) is 5.95 Å². The van der Waals surface area contributed by atoms with Crippen LogP contribution in [0.5, 0.6) is 0 Å². The molecule has 3 rings (SSSR count). The van der Waals surface area contributed by atoms with Gasteiger partial charge in [0.2, 0.25) is 17.8 Å². The van der Waals surface area contributed by atoms with E-state index in [2.05, 4.69) is 44.0 Å². The molecular formula is C13H19N7O. The minimum absolute atomic E-state index is 0.156. The molecule has 2 aromatic heterocycles. The lowest BCUT2D eigenvalue weighted by atomic mass is 10.0. The van der Waals surface area contributed by atoms with Crippen molar-refractivity contribution in [1.29, 1.82) is 0 Å². The third-order valence-electron chi connectivity index (χ3n) is 3.46. The zero-order valence-corrected chi connectivity index (χ0v) is 12.4. The Morgan fingerprint density at radius 3 is 2.71 bits per heavy atom. The lowest BCUT2D eigenvalue weighted by molar-refractivity contribution is 0.0633. The van der Waals surface area contributed by atoms with Gasteiger partial charge < -0.3 is 15.0 Å². The maximum absolute atomic E-state index is 5.55. The van der Waals surface area contributed by atoms with Crippen molar-refractivity contribution in [2.75, 3.05) is 37.0 Å². The Morgan fingerprint density at radius 2 is 2.05 bits per heavy atom. The van der Waals surface area contributed by atoms with E-state index in [-0.39, 0.29) is 5.54 Å². The zero-order valence-electron chi connectivity index (χ0n) is 12.4. The summed E-state index contributed by atoms with van der Waals surface area (Å²) in [6, 6.07) is 0. The van der Waals surface area contributed by atoms with Gasteiger partial charge in [-0.15, -0.1) is 0 Å². The second-order valence-corrected chi connectivity index (χ2v) is 5.50. The molecule has 1 N–H and O–H groups in total. The van der Waals surface area contributed by atoms with Gasteiger partial charge in [-0.25, -0.2) is 4.98 Å². The molecule has 1 saturated heterocycles. The summed E-state index contributed by atoms with van der Waals surface area (Å²) in [6.45, 7) is 6.31. The number of hydrogen-bond acceptors (Lipinski definition) is 7. The molecule has 8 heteroatoms. The van der Waals surface area contributed by atoms with E-state index in [4.69, 9.17) is 4.74 Å². The summed E-state index contributed by atoms with van der Waals surface area (Å²) in [4.78, 5) is 19.6. The number of nitrogens with one attached hydrogen (secondary N) is 1. The van der Waals surface area contributed by atoms with Gasteiger partial charge in [0.1, 0.15) is 6.33 Å². The fraction of sp³-hybridized carbons (Fsp3) is 0.538. The Bertz CT molecular complexity index is 611. The first-order chi connectivity index (χ1) is 10.1. The van der Waals surface area contributed by atoms with Gasteiger partial charge in [-0.3, -0.25) is 4.57 Å². The number of anilines is 2. The van der Waals surface area contributed by atoms with Crippen molar-refractivity contribution in [3.8, 4) is 5.95 Å². The average molecular weight is 289 g/mol. The molecule has 0 bridgehead atoms. The van der Waals surface area contributed by atoms with Gasteiger partial charge in [-0.2, -0.15) is 15.0 Å². The molecule has 1 aliphatic heterocycles. The maximum Gasteiger partial charge on any atom is 0.241 e. The predicted octanol–water partition coefficient (Wildman–Crippen LogP) is 0.714. The molecule has 2 aromatic rings. The van der Waals surface area contributed by atoms with Crippen molar-refractivity contribution < 1.29 is 4.74 Å². The fourth-order valence-corrected chi connectivity index (χ4v) is 2.31. The predicted molar refractivity (Wildman–Crippen MR) is 78.7 cm³/mol. The van der Waals surface area contributed by atoms with Crippen LogP contribution in [0.2, 0.25) is 0 Å². The lowest BCUT2D eigenvalue weighted by Gasteiger charge is -2.42. The molecule has 0 spiro atoms. The van der Waals surface area contributed by atoms with Crippen LogP contribution >= 0.6 is 0 Å². The van der Waals surface area contributed by atoms with Crippen molar-refractivity contribution in [3.05, 3.63) is 18.7 Å². The molecule has 1 fully saturated rings. The number of morpholine rings is 1. The van der Waals surface area contributed by atoms with Crippen LogP contribution in [0.4, 0.5) is 11.9 Å². The molecule has 0 atom stereocenters. The molecule has 21 heavy (non-hydrogen) atoms. The van der Waals surface area contributed by atoms with E-state index in [0.29, 0.717) is 31.1 Å². The molecule has 8 nitrogen and oxygen atoms in total. The Balaban J connectivity index is 2.03. The van der Waals surface area contributed by atoms with Crippen LogP contribution in [0.3, 0.4) is 0 Å². The van der Waals surface area contributed by atoms with Crippen LogP contribution in [0.1, 0.15) is 13.8 Å². The first kappa shape index (κ1) is 13.7. The maximum atomic E-state index is 5.55. The number of ether oxygens (including phenoxy) is 1. The van der Waals surface area contributed by atoms with Crippen molar-refractivity contribution in [2.24, 2.45) is 0 Å². The van der Waals surface area contributed by atoms with E-state index in [0.717, 1.165) is 6.54 Å². The van der Waals surface area contributed by atoms with Crippen molar-refractivity contribution in [3.63, 3.8) is 0 Å². The van der Waals surface area contributed by atoms with Crippen LogP contribution in [-0.2, 0) is 4.74 Å². The van der Waals surface area contributed by atoms with Crippen molar-refractivity contribution in [2.45, 2.75) is 19.4 Å². The molecule has 0 amide bonds. The Kier molecular flexibility index (Phi) is 3.46. The fourth-order valence-electron chi connectivity index (χ4n) is 2.31. The highest BCUT2D eigenvalue weighted by molar-refractivity contribution is 5.42. The lowest BCUT2D eigenvalue weighted by Crippen LogP contribution is -2.54. The highest BCUT2D eigenvalue weighted by Gasteiger charge is 2.33. The molecule has 0 saturated carbocycles. The van der Waals surface area contributed by atoms with E-state index in [1.807, 2.05) is 6.20 Å². The summed E-state index contributed by atoms with van der Waals surface area (Å²) in [6.07, 6.45) is 5.17. The van der Waals surface area contributed by atoms with E-state index in [1.165, 1.54) is 0 Å². The third-order valence-corrected chi connectivity index (χ3v) is 3.46. The van der Waals surface area contributed by atoms with Crippen LogP contribution in [0, 0.1) is 0 Å². The van der Waals surface area contributed by atoms with E-state index in [1.54, 1.807) is 24.1 Å². The minimum atomic E-state index is -0.156. The number of nitrogens with zero attached hydrogens (tertiary/aromatic N) is 6. The first-order valence-corrected chi connectivity index (χ1v) is 6.88. The second-order valence-electron chi connectivity index (χ2n) is 5.50. The van der Waals surface area contributed by atoms with E-state index >= 15 is 0 Å².